The molecule has 0 saturated heterocycles. The minimum Gasteiger partial charge on any atom is -0.494 e. The zero-order valence-corrected chi connectivity index (χ0v) is 45.4. The van der Waals surface area contributed by atoms with Crippen LogP contribution < -0.4 is 59.2 Å². The van der Waals surface area contributed by atoms with Gasteiger partial charge in [0.15, 0.2) is 23.0 Å². The molecule has 0 unspecified atom stereocenters. The van der Waals surface area contributed by atoms with Gasteiger partial charge in [-0.15, -0.1) is 0 Å². The third-order valence-electron chi connectivity index (χ3n) is 11.5. The maximum atomic E-state index is 14.7. The number of nitrogens with zero attached hydrogens (tertiary/aromatic N) is 1. The molecule has 0 atom stereocenters. The van der Waals surface area contributed by atoms with Crippen molar-refractivity contribution < 1.29 is 71.5 Å². The van der Waals surface area contributed by atoms with Crippen LogP contribution in [0.5, 0.6) is 46.0 Å². The molecule has 0 fully saturated rings. The van der Waals surface area contributed by atoms with E-state index in [0.29, 0.717) is 12.2 Å². The SMILES string of the molecule is CCCCCCCCOc1cc(NC(=O)c2cc(OC(C)C)cc(NC(=O)c3cc(C)cc(NC(=O)c4cc(OC(C)C)cc([N+](=O)[O-])c4OC)c3OC)c2OC)c(OC)c(C(=O)Nc2cccc(C(=O)OC)c2OC)c1. The minimum absolute atomic E-state index is 0.0138. The lowest BCUT2D eigenvalue weighted by atomic mass is 10.1. The number of benzene rings is 5. The minimum atomic E-state index is -0.838. The summed E-state index contributed by atoms with van der Waals surface area (Å²) >= 11 is 0. The van der Waals surface area contributed by atoms with Crippen LogP contribution in [0.25, 0.3) is 0 Å². The van der Waals surface area contributed by atoms with Gasteiger partial charge < -0.3 is 63.9 Å². The second-order valence-corrected chi connectivity index (χ2v) is 17.9. The Bertz CT molecular complexity index is 2970. The number of nitro groups is 1. The van der Waals surface area contributed by atoms with E-state index < -0.39 is 46.3 Å². The van der Waals surface area contributed by atoms with Crippen LogP contribution in [-0.4, -0.2) is 96.0 Å². The Labute approximate surface area is 447 Å². The lowest BCUT2D eigenvalue weighted by molar-refractivity contribution is -0.385. The van der Waals surface area contributed by atoms with Gasteiger partial charge in [0.05, 0.1) is 117 Å². The van der Waals surface area contributed by atoms with E-state index in [-0.39, 0.29) is 103 Å². The van der Waals surface area contributed by atoms with Gasteiger partial charge in [-0.3, -0.25) is 29.3 Å². The summed E-state index contributed by atoms with van der Waals surface area (Å²) in [7, 11) is 7.67. The molecule has 0 radical (unpaired) electrons. The number of nitro benzene ring substituents is 1. The number of anilines is 4. The number of methoxy groups -OCH3 is 6. The number of amides is 4. The summed E-state index contributed by atoms with van der Waals surface area (Å²) in [6, 6.07) is 16.0. The second-order valence-electron chi connectivity index (χ2n) is 17.9. The Morgan fingerprint density at radius 2 is 0.922 bits per heavy atom. The van der Waals surface area contributed by atoms with Gasteiger partial charge in [-0.2, -0.15) is 0 Å². The van der Waals surface area contributed by atoms with Crippen molar-refractivity contribution in [2.75, 3.05) is 70.5 Å². The van der Waals surface area contributed by atoms with Crippen LogP contribution in [0, 0.1) is 17.0 Å². The van der Waals surface area contributed by atoms with Crippen LogP contribution >= 0.6 is 0 Å². The van der Waals surface area contributed by atoms with E-state index >= 15 is 0 Å². The first-order valence-electron chi connectivity index (χ1n) is 24.8. The smallest absolute Gasteiger partial charge is 0.341 e. The molecule has 0 aliphatic carbocycles. The predicted molar refractivity (Wildman–Crippen MR) is 290 cm³/mol. The number of para-hydroxylation sites is 1. The van der Waals surface area contributed by atoms with E-state index in [1.54, 1.807) is 46.8 Å². The average Bonchev–Trinajstić information content (AvgIpc) is 3.40. The summed E-state index contributed by atoms with van der Waals surface area (Å²) in [5, 5.41) is 23.2. The number of carbonyl (C=O) groups excluding carboxylic acids is 5. The topological polar surface area (TPSA) is 260 Å². The number of rotatable bonds is 27. The van der Waals surface area contributed by atoms with Crippen molar-refractivity contribution in [1.82, 2.24) is 0 Å². The van der Waals surface area contributed by atoms with Crippen molar-refractivity contribution in [1.29, 1.82) is 0 Å². The third kappa shape index (κ3) is 15.0. The van der Waals surface area contributed by atoms with Crippen LogP contribution in [0.3, 0.4) is 0 Å². The molecule has 77 heavy (non-hydrogen) atoms. The number of aryl methyl sites for hydroxylation is 1. The largest absolute Gasteiger partial charge is 0.494 e. The highest BCUT2D eigenvalue weighted by atomic mass is 16.6. The van der Waals surface area contributed by atoms with E-state index in [2.05, 4.69) is 28.2 Å². The zero-order chi connectivity index (χ0) is 56.5. The second kappa shape index (κ2) is 27.7. The van der Waals surface area contributed by atoms with Crippen molar-refractivity contribution in [2.45, 2.75) is 92.3 Å². The van der Waals surface area contributed by atoms with Gasteiger partial charge in [0.25, 0.3) is 23.6 Å². The summed E-state index contributed by atoms with van der Waals surface area (Å²) in [5.41, 5.74) is -0.225. The maximum Gasteiger partial charge on any atom is 0.341 e. The third-order valence-corrected chi connectivity index (χ3v) is 11.5. The molecule has 4 amide bonds. The van der Waals surface area contributed by atoms with Gasteiger partial charge >= 0.3 is 11.7 Å². The van der Waals surface area contributed by atoms with Crippen molar-refractivity contribution in [2.24, 2.45) is 0 Å². The Balaban J connectivity index is 1.55. The van der Waals surface area contributed by atoms with Crippen LogP contribution in [0.15, 0.2) is 66.7 Å². The van der Waals surface area contributed by atoms with Crippen LogP contribution in [0.1, 0.15) is 130 Å². The Morgan fingerprint density at radius 3 is 1.40 bits per heavy atom. The summed E-state index contributed by atoms with van der Waals surface area (Å²) in [6.45, 7) is 11.1. The van der Waals surface area contributed by atoms with E-state index in [9.17, 15) is 34.1 Å². The van der Waals surface area contributed by atoms with Gasteiger partial charge in [0.1, 0.15) is 22.8 Å². The highest BCUT2D eigenvalue weighted by Gasteiger charge is 2.30. The molecule has 0 aliphatic rings. The van der Waals surface area contributed by atoms with E-state index in [1.165, 1.54) is 91.2 Å². The first kappa shape index (κ1) is 59.1. The van der Waals surface area contributed by atoms with Gasteiger partial charge in [0.2, 0.25) is 5.75 Å². The summed E-state index contributed by atoms with van der Waals surface area (Å²) in [6.07, 6.45) is 5.20. The first-order chi connectivity index (χ1) is 36.8. The van der Waals surface area contributed by atoms with Gasteiger partial charge in [-0.1, -0.05) is 45.1 Å². The van der Waals surface area contributed by atoms with Gasteiger partial charge in [0, 0.05) is 12.1 Å². The van der Waals surface area contributed by atoms with E-state index in [0.717, 1.165) is 44.6 Å². The van der Waals surface area contributed by atoms with E-state index in [4.69, 9.17) is 42.6 Å². The van der Waals surface area contributed by atoms with Crippen LogP contribution in [-0.2, 0) is 4.74 Å². The number of unbranched alkanes of at least 4 members (excludes halogenated alkanes) is 5. The molecule has 4 N–H and O–H groups in total. The highest BCUT2D eigenvalue weighted by molar-refractivity contribution is 6.15. The Morgan fingerprint density at radius 1 is 0.506 bits per heavy atom. The molecule has 21 heteroatoms. The predicted octanol–water partition coefficient (Wildman–Crippen LogP) is 11.1. The summed E-state index contributed by atoms with van der Waals surface area (Å²) < 4.78 is 51.1. The molecule has 5 aromatic rings. The van der Waals surface area contributed by atoms with Gasteiger partial charge in [-0.05, 0) is 89.1 Å². The molecular formula is C56H67N5O16. The number of esters is 1. The quantitative estimate of drug-likeness (QED) is 0.0165. The number of hydrogen-bond acceptors (Lipinski definition) is 16. The average molecular weight is 1070 g/mol. The lowest BCUT2D eigenvalue weighted by Crippen LogP contribution is -2.20. The van der Waals surface area contributed by atoms with Crippen LogP contribution in [0.4, 0.5) is 28.4 Å². The van der Waals surface area contributed by atoms with Crippen molar-refractivity contribution in [3.05, 3.63) is 110 Å². The van der Waals surface area contributed by atoms with Crippen LogP contribution in [0.2, 0.25) is 0 Å². The summed E-state index contributed by atoms with van der Waals surface area (Å²) in [4.78, 5) is 81.5. The zero-order valence-electron chi connectivity index (χ0n) is 45.4. The van der Waals surface area contributed by atoms with Crippen molar-refractivity contribution in [3.63, 3.8) is 0 Å². The summed E-state index contributed by atoms with van der Waals surface area (Å²) in [5.74, 6) is -3.87. The Hall–Kier alpha value is -8.75. The Kier molecular flexibility index (Phi) is 21.3. The monoisotopic (exact) mass is 1070 g/mol. The van der Waals surface area contributed by atoms with Gasteiger partial charge in [-0.25, -0.2) is 4.79 Å². The van der Waals surface area contributed by atoms with Crippen molar-refractivity contribution in [3.8, 4) is 46.0 Å². The number of hydrogen-bond donors (Lipinski definition) is 4. The lowest BCUT2D eigenvalue weighted by Gasteiger charge is -2.21. The molecule has 0 bridgehead atoms. The van der Waals surface area contributed by atoms with Crippen molar-refractivity contribution >= 4 is 58.0 Å². The molecule has 0 heterocycles. The molecule has 0 aliphatic heterocycles. The fourth-order valence-electron chi connectivity index (χ4n) is 8.25. The molecule has 412 valence electrons. The fourth-order valence-corrected chi connectivity index (χ4v) is 8.25. The fraction of sp³-hybridized carbons (Fsp3) is 0.375. The molecule has 0 saturated carbocycles. The molecule has 5 rings (SSSR count). The van der Waals surface area contributed by atoms with E-state index in [1.807, 2.05) is 0 Å². The molecular weight excluding hydrogens is 999 g/mol. The normalized spacial score (nSPS) is 10.8. The first-order valence-corrected chi connectivity index (χ1v) is 24.8. The number of nitrogens with one attached hydrogen (secondary N) is 4. The molecule has 21 nitrogen and oxygen atoms in total. The molecule has 5 aromatic carbocycles. The number of ether oxygens (including phenoxy) is 9. The number of carbonyl (C=O) groups is 5. The molecule has 0 aromatic heterocycles. The molecule has 0 spiro atoms. The highest BCUT2D eigenvalue weighted by Crippen LogP contribution is 2.41. The maximum absolute atomic E-state index is 14.7. The standard InChI is InChI=1S/C56H67N5O16/c1-13-14-15-16-17-18-22-75-34-25-39(53(63)57-42-21-19-20-37(47(42)69-7)56(66)74-12)49(71-9)44(28-34)59-54(64)40-26-35(76-31(2)3)29-45(50(40)72-10)60-52(62)38-23-33(6)24-43(48(38)70-8)58-55(65)41-27-36(77-32(4)5)30-46(61(67)68)51(41)73-11/h19-21,23-32H,13-18,22H2,1-12H3,(H,57,63)(H,58,65)(H,59,64)(H,60,62).